The average Bonchev–Trinajstić information content (AvgIpc) is 4.04. The number of alkyl carbamates (subject to hydrolysis) is 2. The second-order valence-corrected chi connectivity index (χ2v) is 17.2. The van der Waals surface area contributed by atoms with E-state index in [-0.39, 0.29) is 54.1 Å². The van der Waals surface area contributed by atoms with E-state index in [9.17, 15) is 19.2 Å². The summed E-state index contributed by atoms with van der Waals surface area (Å²) in [7, 11) is 2.54. The molecule has 4 amide bonds. The Bertz CT molecular complexity index is 2530. The van der Waals surface area contributed by atoms with Crippen LogP contribution in [0.25, 0.3) is 44.2 Å². The molecule has 0 bridgehead atoms. The van der Waals surface area contributed by atoms with E-state index in [1.807, 2.05) is 82.8 Å². The van der Waals surface area contributed by atoms with Crippen molar-refractivity contribution in [2.45, 2.75) is 110 Å². The van der Waals surface area contributed by atoms with Crippen LogP contribution in [-0.2, 0) is 25.7 Å². The molecule has 3 aromatic carbocycles. The third kappa shape index (κ3) is 7.50. The number of nitrogens with one attached hydrogen (secondary N) is 4. The summed E-state index contributed by atoms with van der Waals surface area (Å²) in [5, 5.41) is 7.27. The molecule has 5 aromatic rings. The van der Waals surface area contributed by atoms with E-state index in [0.29, 0.717) is 35.8 Å². The standard InChI is InChI=1S/C45H53FN8O7/c1-21(2)35(50-44(57)59-7)42(55)53-23(5)9-15-32(53)40-47-31-14-12-25-18-30-28-13-11-26(17-27(28)20-61-34(30)19-29(25)38(31)49-40)37-39(46)52-41(48-37)33-16-10-24(6)54(33)43(56)36(22(3)4)51-45(58)60-8/h11-14,17-19,21-24,32-33,35-36H,9-10,15-16,20H2,1-8H3,(H,47,49)(H,48,52)(H,50,57)(H,51,58)/t23-,24-,32-,33-,35-,36-/m0/s1. The molecule has 2 fully saturated rings. The van der Waals surface area contributed by atoms with Crippen molar-refractivity contribution in [3.05, 3.63) is 65.6 Å². The number of aromatic nitrogens is 4. The van der Waals surface area contributed by atoms with Gasteiger partial charge < -0.3 is 44.6 Å². The largest absolute Gasteiger partial charge is 0.488 e. The van der Waals surface area contributed by atoms with Gasteiger partial charge in [0, 0.05) is 28.6 Å². The number of hydrogen-bond acceptors (Lipinski definition) is 9. The Morgan fingerprint density at radius 1 is 0.770 bits per heavy atom. The monoisotopic (exact) mass is 836 g/mol. The smallest absolute Gasteiger partial charge is 0.407 e. The lowest BCUT2D eigenvalue weighted by Gasteiger charge is -2.32. The number of rotatable bonds is 9. The summed E-state index contributed by atoms with van der Waals surface area (Å²) < 4.78 is 31.7. The van der Waals surface area contributed by atoms with Gasteiger partial charge in [-0.15, -0.1) is 0 Å². The van der Waals surface area contributed by atoms with E-state index in [2.05, 4.69) is 31.7 Å². The molecule has 2 saturated heterocycles. The summed E-state index contributed by atoms with van der Waals surface area (Å²) >= 11 is 0. The highest BCUT2D eigenvalue weighted by Crippen LogP contribution is 2.44. The van der Waals surface area contributed by atoms with Gasteiger partial charge in [0.15, 0.2) is 0 Å². The number of carbonyl (C=O) groups excluding carboxylic acids is 4. The number of carbonyl (C=O) groups is 4. The van der Waals surface area contributed by atoms with E-state index in [0.717, 1.165) is 51.3 Å². The molecule has 61 heavy (non-hydrogen) atoms. The highest BCUT2D eigenvalue weighted by atomic mass is 19.1. The fourth-order valence-electron chi connectivity index (χ4n) is 9.31. The van der Waals surface area contributed by atoms with E-state index in [1.165, 1.54) is 14.2 Å². The molecular weight excluding hydrogens is 784 g/mol. The summed E-state index contributed by atoms with van der Waals surface area (Å²) in [6.45, 7) is 11.7. The first-order valence-electron chi connectivity index (χ1n) is 21.0. The Balaban J connectivity index is 1.06. The number of aromatic amines is 2. The van der Waals surface area contributed by atoms with E-state index in [4.69, 9.17) is 19.2 Å². The maximum Gasteiger partial charge on any atom is 0.407 e. The Hall–Kier alpha value is -6.19. The number of benzene rings is 3. The number of imidazole rings is 2. The lowest BCUT2D eigenvalue weighted by atomic mass is 9.92. The third-order valence-corrected chi connectivity index (χ3v) is 12.6. The van der Waals surface area contributed by atoms with Crippen LogP contribution in [0, 0.1) is 17.8 Å². The number of amides is 4. The molecule has 0 aliphatic carbocycles. The van der Waals surface area contributed by atoms with Crippen molar-refractivity contribution < 1.29 is 37.8 Å². The quantitative estimate of drug-likeness (QED) is 0.116. The highest BCUT2D eigenvalue weighted by molar-refractivity contribution is 6.07. The number of halogens is 1. The van der Waals surface area contributed by atoms with Gasteiger partial charge in [-0.05, 0) is 92.1 Å². The molecule has 8 rings (SSSR count). The summed E-state index contributed by atoms with van der Waals surface area (Å²) in [5.41, 5.74) is 5.16. The second-order valence-electron chi connectivity index (χ2n) is 17.2. The van der Waals surface area contributed by atoms with Crippen LogP contribution in [0.3, 0.4) is 0 Å². The van der Waals surface area contributed by atoms with Crippen LogP contribution in [0.1, 0.15) is 96.5 Å². The molecule has 2 aromatic heterocycles. The number of fused-ring (bicyclic) bond motifs is 6. The number of hydrogen-bond donors (Lipinski definition) is 4. The van der Waals surface area contributed by atoms with Crippen LogP contribution in [0.15, 0.2) is 42.5 Å². The molecule has 0 saturated carbocycles. The number of ether oxygens (including phenoxy) is 3. The van der Waals surface area contributed by atoms with Crippen LogP contribution in [0.2, 0.25) is 0 Å². The van der Waals surface area contributed by atoms with Gasteiger partial charge >= 0.3 is 12.2 Å². The maximum atomic E-state index is 15.8. The van der Waals surface area contributed by atoms with Crippen molar-refractivity contribution in [3.8, 4) is 28.1 Å². The summed E-state index contributed by atoms with van der Waals surface area (Å²) in [6, 6.07) is 11.3. The first-order chi connectivity index (χ1) is 29.2. The first kappa shape index (κ1) is 41.5. The lowest BCUT2D eigenvalue weighted by Crippen LogP contribution is -2.52. The zero-order chi connectivity index (χ0) is 43.4. The molecule has 3 aliphatic rings. The fourth-order valence-corrected chi connectivity index (χ4v) is 9.31. The summed E-state index contributed by atoms with van der Waals surface area (Å²) in [6.07, 6.45) is 1.47. The molecule has 0 spiro atoms. The molecule has 0 unspecified atom stereocenters. The van der Waals surface area contributed by atoms with E-state index < -0.39 is 36.3 Å². The minimum Gasteiger partial charge on any atom is -0.488 e. The van der Waals surface area contributed by atoms with Gasteiger partial charge in [0.25, 0.3) is 0 Å². The SMILES string of the molecule is COC(=O)N[C@H](C(=O)N1[C@@H](C)CC[C@H]1c1nc(F)c(-c2ccc3c(c2)COc2cc4c(ccc5nc([C@@H]6CC[C@H](C)N6C(=O)[C@@H](NC(=O)OC)C(C)C)[nH]c54)cc2-3)[nH]1)C(C)C. The van der Waals surface area contributed by atoms with E-state index in [1.54, 1.807) is 4.90 Å². The minimum atomic E-state index is -0.815. The zero-order valence-corrected chi connectivity index (χ0v) is 35.7. The summed E-state index contributed by atoms with van der Waals surface area (Å²) in [4.78, 5) is 71.6. The van der Waals surface area contributed by atoms with Crippen LogP contribution in [0.5, 0.6) is 5.75 Å². The van der Waals surface area contributed by atoms with Crippen molar-refractivity contribution in [2.24, 2.45) is 11.8 Å². The predicted octanol–water partition coefficient (Wildman–Crippen LogP) is 7.67. The molecule has 322 valence electrons. The Morgan fingerprint density at radius 2 is 1.36 bits per heavy atom. The summed E-state index contributed by atoms with van der Waals surface area (Å²) in [5.74, 6) is 0.265. The number of methoxy groups -OCH3 is 2. The van der Waals surface area contributed by atoms with Gasteiger partial charge in [0.05, 0.1) is 37.3 Å². The van der Waals surface area contributed by atoms with Crippen molar-refractivity contribution in [2.75, 3.05) is 14.2 Å². The van der Waals surface area contributed by atoms with Gasteiger partial charge in [-0.1, -0.05) is 45.9 Å². The lowest BCUT2D eigenvalue weighted by molar-refractivity contribution is -0.138. The number of H-pyrrole nitrogens is 2. The number of nitrogens with zero attached hydrogens (tertiary/aromatic N) is 4. The molecule has 16 heteroatoms. The van der Waals surface area contributed by atoms with Gasteiger partial charge in [0.2, 0.25) is 17.8 Å². The van der Waals surface area contributed by atoms with Crippen molar-refractivity contribution in [3.63, 3.8) is 0 Å². The topological polar surface area (TPSA) is 184 Å². The van der Waals surface area contributed by atoms with E-state index >= 15 is 4.39 Å². The molecular formula is C45H53FN8O7. The molecule has 3 aliphatic heterocycles. The maximum absolute atomic E-state index is 15.8. The molecule has 5 heterocycles. The van der Waals surface area contributed by atoms with Gasteiger partial charge in [-0.3, -0.25) is 9.59 Å². The van der Waals surface area contributed by atoms with Crippen molar-refractivity contribution in [1.82, 2.24) is 40.4 Å². The van der Waals surface area contributed by atoms with Crippen LogP contribution in [-0.4, -0.2) is 92.1 Å². The molecule has 0 radical (unpaired) electrons. The van der Waals surface area contributed by atoms with Gasteiger partial charge in [-0.25, -0.2) is 19.6 Å². The number of likely N-dealkylation sites (tertiary alicyclic amines) is 2. The van der Waals surface area contributed by atoms with Gasteiger partial charge in [-0.2, -0.15) is 4.39 Å². The predicted molar refractivity (Wildman–Crippen MR) is 226 cm³/mol. The highest BCUT2D eigenvalue weighted by Gasteiger charge is 2.43. The zero-order valence-electron chi connectivity index (χ0n) is 35.7. The first-order valence-corrected chi connectivity index (χ1v) is 21.0. The minimum absolute atomic E-state index is 0.0473. The Morgan fingerprint density at radius 3 is 1.93 bits per heavy atom. The van der Waals surface area contributed by atoms with Crippen molar-refractivity contribution >= 4 is 45.8 Å². The van der Waals surface area contributed by atoms with Gasteiger partial charge in [0.1, 0.15) is 41.8 Å². The fraction of sp³-hybridized carbons (Fsp3) is 0.467. The molecule has 6 atom stereocenters. The second kappa shape index (κ2) is 16.3. The van der Waals surface area contributed by atoms with Crippen LogP contribution in [0.4, 0.5) is 14.0 Å². The molecule has 15 nitrogen and oxygen atoms in total. The van der Waals surface area contributed by atoms with Crippen LogP contribution < -0.4 is 15.4 Å². The Kier molecular flexibility index (Phi) is 11.1. The third-order valence-electron chi connectivity index (χ3n) is 12.6. The molecule has 4 N–H and O–H groups in total. The average molecular weight is 837 g/mol. The van der Waals surface area contributed by atoms with Crippen LogP contribution >= 0.6 is 0 Å². The Labute approximate surface area is 353 Å². The normalized spacial score (nSPS) is 20.7. The van der Waals surface area contributed by atoms with Crippen molar-refractivity contribution in [1.29, 1.82) is 0 Å².